The van der Waals surface area contributed by atoms with Crippen molar-refractivity contribution in [2.45, 2.75) is 70.0 Å². The van der Waals surface area contributed by atoms with Crippen molar-refractivity contribution in [2.75, 3.05) is 61.9 Å². The number of aliphatic hydroxyl groups excluding tert-OH is 2. The van der Waals surface area contributed by atoms with E-state index in [-0.39, 0.29) is 11.8 Å². The van der Waals surface area contributed by atoms with E-state index in [2.05, 4.69) is 33.0 Å². The second-order valence-electron chi connectivity index (χ2n) is 13.4. The molecule has 2 amide bonds. The zero-order chi connectivity index (χ0) is 30.7. The predicted octanol–water partition coefficient (Wildman–Crippen LogP) is 2.14. The summed E-state index contributed by atoms with van der Waals surface area (Å²) in [5.74, 6) is -0.00467. The quantitative estimate of drug-likeness (QED) is 0.297. The first-order valence-electron chi connectivity index (χ1n) is 16.0. The van der Waals surface area contributed by atoms with E-state index in [4.69, 9.17) is 10.5 Å². The van der Waals surface area contributed by atoms with Crippen LogP contribution >= 0.6 is 0 Å². The van der Waals surface area contributed by atoms with Gasteiger partial charge in [-0.1, -0.05) is 0 Å². The number of benzene rings is 2. The Bertz CT molecular complexity index is 1440. The maximum Gasteiger partial charge on any atom is 0.262 e. The van der Waals surface area contributed by atoms with Crippen LogP contribution in [0.15, 0.2) is 30.3 Å². The summed E-state index contributed by atoms with van der Waals surface area (Å²) in [6.45, 7) is 8.29. The molecule has 4 fully saturated rings. The van der Waals surface area contributed by atoms with Crippen molar-refractivity contribution in [1.82, 2.24) is 15.1 Å². The van der Waals surface area contributed by atoms with Gasteiger partial charge in [0.05, 0.1) is 30.0 Å². The molecule has 0 radical (unpaired) electrons. The maximum absolute atomic E-state index is 13.3. The fourth-order valence-corrected chi connectivity index (χ4v) is 8.09. The molecular formula is C33H44N6O5. The average molecular weight is 605 g/mol. The lowest BCUT2D eigenvalue weighted by Gasteiger charge is -2.52. The van der Waals surface area contributed by atoms with Gasteiger partial charge >= 0.3 is 0 Å². The molecule has 1 spiro atoms. The molecule has 2 aromatic rings. The lowest BCUT2D eigenvalue weighted by molar-refractivity contribution is -0.0413. The van der Waals surface area contributed by atoms with Crippen LogP contribution in [0.25, 0.3) is 0 Å². The molecule has 5 heterocycles. The van der Waals surface area contributed by atoms with Crippen molar-refractivity contribution in [3.8, 4) is 5.75 Å². The maximum atomic E-state index is 13.3. The van der Waals surface area contributed by atoms with Crippen molar-refractivity contribution < 1.29 is 24.5 Å². The van der Waals surface area contributed by atoms with Crippen LogP contribution in [0.2, 0.25) is 0 Å². The van der Waals surface area contributed by atoms with E-state index in [1.807, 2.05) is 18.2 Å². The highest BCUT2D eigenvalue weighted by Crippen LogP contribution is 2.44. The van der Waals surface area contributed by atoms with E-state index < -0.39 is 18.5 Å². The lowest BCUT2D eigenvalue weighted by Crippen LogP contribution is -2.62. The van der Waals surface area contributed by atoms with E-state index in [1.165, 1.54) is 41.8 Å². The summed E-state index contributed by atoms with van der Waals surface area (Å²) >= 11 is 0. The normalized spacial score (nSPS) is 27.5. The molecule has 0 aliphatic carbocycles. The third-order valence-electron chi connectivity index (χ3n) is 11.0. The molecule has 0 bridgehead atoms. The summed E-state index contributed by atoms with van der Waals surface area (Å²) in [5.41, 5.74) is 11.4. The number of anilines is 3. The molecule has 5 N–H and O–H groups in total. The minimum absolute atomic E-state index is 0.355. The van der Waals surface area contributed by atoms with E-state index in [0.717, 1.165) is 50.7 Å². The van der Waals surface area contributed by atoms with Gasteiger partial charge in [0.25, 0.3) is 11.8 Å². The van der Waals surface area contributed by atoms with Crippen molar-refractivity contribution >= 4 is 28.9 Å². The van der Waals surface area contributed by atoms with Gasteiger partial charge in [-0.15, -0.1) is 0 Å². The molecular weight excluding hydrogens is 560 g/mol. The molecule has 7 rings (SSSR count). The molecule has 0 saturated carbocycles. The number of fused-ring (bicyclic) bond motifs is 1. The van der Waals surface area contributed by atoms with Crippen molar-refractivity contribution in [2.24, 2.45) is 5.41 Å². The first-order valence-corrected chi connectivity index (χ1v) is 16.0. The van der Waals surface area contributed by atoms with Crippen LogP contribution in [-0.4, -0.2) is 103 Å². The first-order chi connectivity index (χ1) is 21.2. The molecule has 4 saturated heterocycles. The number of carbonyl (C=O) groups excluding carboxylic acids is 2. The summed E-state index contributed by atoms with van der Waals surface area (Å²) in [7, 11) is 1.67. The van der Waals surface area contributed by atoms with Crippen LogP contribution in [-0.2, 0) is 0 Å². The Labute approximate surface area is 258 Å². The minimum Gasteiger partial charge on any atom is -0.495 e. The number of amides is 2. The number of carbonyl (C=O) groups is 2. The summed E-state index contributed by atoms with van der Waals surface area (Å²) in [6, 6.07) is 9.41. The average Bonchev–Trinajstić information content (AvgIpc) is 3.23. The fraction of sp³-hybridized carbons (Fsp3) is 0.576. The van der Waals surface area contributed by atoms with Crippen LogP contribution in [0.4, 0.5) is 17.1 Å². The zero-order valence-corrected chi connectivity index (χ0v) is 25.7. The number of nitrogens with two attached hydrogens (primary N) is 1. The summed E-state index contributed by atoms with van der Waals surface area (Å²) in [4.78, 5) is 35.0. The molecule has 3 atom stereocenters. The van der Waals surface area contributed by atoms with E-state index in [1.54, 1.807) is 13.2 Å². The van der Waals surface area contributed by atoms with E-state index >= 15 is 0 Å². The highest BCUT2D eigenvalue weighted by atomic mass is 16.5. The molecule has 3 unspecified atom stereocenters. The third kappa shape index (κ3) is 4.99. The number of hydrogen-bond donors (Lipinski definition) is 4. The number of hydrogen-bond acceptors (Lipinski definition) is 10. The molecule has 11 nitrogen and oxygen atoms in total. The predicted molar refractivity (Wildman–Crippen MR) is 168 cm³/mol. The SMILES string of the molecule is COc1cc(N2CCC3(CC2)CCN(C2CN(c4ccc5c(c4)C(=O)N(C4CCC(O)NC4O)C5=O)C2)CC3)c(C)cc1N. The fourth-order valence-electron chi connectivity index (χ4n) is 8.09. The molecule has 5 aliphatic heterocycles. The molecule has 5 aliphatic rings. The largest absolute Gasteiger partial charge is 0.495 e. The topological polar surface area (TPSA) is 135 Å². The third-order valence-corrected chi connectivity index (χ3v) is 11.0. The number of nitrogens with one attached hydrogen (secondary N) is 1. The van der Waals surface area contributed by atoms with Gasteiger partial charge in [-0.25, -0.2) is 0 Å². The Hall–Kier alpha value is -3.38. The summed E-state index contributed by atoms with van der Waals surface area (Å²) in [5, 5.41) is 22.8. The highest BCUT2D eigenvalue weighted by Gasteiger charge is 2.45. The van der Waals surface area contributed by atoms with Crippen LogP contribution in [0.5, 0.6) is 5.75 Å². The van der Waals surface area contributed by atoms with Crippen LogP contribution < -0.4 is 25.6 Å². The number of ether oxygens (including phenoxy) is 1. The van der Waals surface area contributed by atoms with Gasteiger partial charge in [-0.05, 0) is 93.8 Å². The Morgan fingerprint density at radius 1 is 0.909 bits per heavy atom. The van der Waals surface area contributed by atoms with Crippen molar-refractivity contribution in [3.05, 3.63) is 47.0 Å². The van der Waals surface area contributed by atoms with Crippen LogP contribution in [0.3, 0.4) is 0 Å². The summed E-state index contributed by atoms with van der Waals surface area (Å²) in [6.07, 6.45) is 3.60. The van der Waals surface area contributed by atoms with Gasteiger partial charge < -0.3 is 30.5 Å². The number of piperidine rings is 3. The second-order valence-corrected chi connectivity index (χ2v) is 13.4. The number of aryl methyl sites for hydroxylation is 1. The van der Waals surface area contributed by atoms with Crippen molar-refractivity contribution in [1.29, 1.82) is 0 Å². The Morgan fingerprint density at radius 3 is 2.27 bits per heavy atom. The first kappa shape index (κ1) is 29.3. The van der Waals surface area contributed by atoms with Gasteiger partial charge in [0.15, 0.2) is 0 Å². The number of nitrogen functional groups attached to an aromatic ring is 1. The molecule has 2 aromatic carbocycles. The molecule has 0 aromatic heterocycles. The van der Waals surface area contributed by atoms with Gasteiger partial charge in [0.2, 0.25) is 0 Å². The molecule has 236 valence electrons. The number of rotatable bonds is 5. The highest BCUT2D eigenvalue weighted by molar-refractivity contribution is 6.22. The zero-order valence-electron chi connectivity index (χ0n) is 25.7. The molecule has 44 heavy (non-hydrogen) atoms. The number of aliphatic hydroxyl groups is 2. The Kier molecular flexibility index (Phi) is 7.47. The van der Waals surface area contributed by atoms with Crippen LogP contribution in [0, 0.1) is 12.3 Å². The Balaban J connectivity index is 0.923. The number of likely N-dealkylation sites (tertiary alicyclic amines) is 1. The monoisotopic (exact) mass is 604 g/mol. The van der Waals surface area contributed by atoms with Crippen molar-refractivity contribution in [3.63, 3.8) is 0 Å². The molecule has 11 heteroatoms. The smallest absolute Gasteiger partial charge is 0.262 e. The van der Waals surface area contributed by atoms with Crippen LogP contribution in [0.1, 0.15) is 64.8 Å². The van der Waals surface area contributed by atoms with Gasteiger partial charge in [0.1, 0.15) is 18.2 Å². The lowest BCUT2D eigenvalue weighted by atomic mass is 9.70. The number of nitrogens with zero attached hydrogens (tertiary/aromatic N) is 4. The Morgan fingerprint density at radius 2 is 1.59 bits per heavy atom. The van der Waals surface area contributed by atoms with E-state index in [9.17, 15) is 19.8 Å². The van der Waals surface area contributed by atoms with Gasteiger partial charge in [-0.2, -0.15) is 0 Å². The number of methoxy groups -OCH3 is 1. The van der Waals surface area contributed by atoms with E-state index in [0.29, 0.717) is 41.1 Å². The standard InChI is InChI=1S/C33H44N6O5/c1-20-15-25(34)28(44-2)17-27(20)37-13-9-33(10-14-37)7-11-36(12-8-33)22-18-38(19-22)21-3-4-23-24(16-21)32(43)39(31(23)42)26-5-6-29(40)35-30(26)41/h3-4,15-17,22,26,29-30,35,40-41H,5-14,18-19,34H2,1-2H3. The van der Waals surface area contributed by atoms with Gasteiger partial charge in [0, 0.05) is 49.7 Å². The summed E-state index contributed by atoms with van der Waals surface area (Å²) < 4.78 is 5.48. The minimum atomic E-state index is -1.15. The number of imide groups is 1. The van der Waals surface area contributed by atoms with Gasteiger partial charge in [-0.3, -0.25) is 24.7 Å². The second kappa shape index (κ2) is 11.2.